The Labute approximate surface area is 157 Å². The molecule has 0 saturated heterocycles. The number of amides is 1. The number of hydrogen-bond acceptors (Lipinski definition) is 4. The fraction of sp³-hybridized carbons (Fsp3) is 0.222. The van der Waals surface area contributed by atoms with Crippen LogP contribution in [0.3, 0.4) is 0 Å². The molecule has 9 heteroatoms. The monoisotopic (exact) mass is 398 g/mol. The summed E-state index contributed by atoms with van der Waals surface area (Å²) >= 11 is 5.78. The van der Waals surface area contributed by atoms with E-state index in [0.717, 1.165) is 6.07 Å². The Hall–Kier alpha value is -2.58. The SMILES string of the molecule is Cc1cccc(C(=O)N2N=C(c3ccc(Cl)cc3)C[C@@]2(O)C(F)(F)F)c1O. The number of nitrogens with zero attached hydrogens (tertiary/aromatic N) is 2. The highest BCUT2D eigenvalue weighted by atomic mass is 35.5. The molecule has 1 aliphatic heterocycles. The third-order valence-corrected chi connectivity index (χ3v) is 4.53. The molecule has 5 nitrogen and oxygen atoms in total. The predicted molar refractivity (Wildman–Crippen MR) is 92.6 cm³/mol. The average Bonchev–Trinajstić information content (AvgIpc) is 2.96. The van der Waals surface area contributed by atoms with Crippen LogP contribution in [0.2, 0.25) is 5.02 Å². The number of rotatable bonds is 2. The minimum Gasteiger partial charge on any atom is -0.507 e. The number of benzene rings is 2. The molecule has 0 bridgehead atoms. The van der Waals surface area contributed by atoms with Gasteiger partial charge in [0.05, 0.1) is 17.7 Å². The molecule has 0 radical (unpaired) electrons. The van der Waals surface area contributed by atoms with Gasteiger partial charge in [-0.3, -0.25) is 4.79 Å². The number of para-hydroxylation sites is 1. The van der Waals surface area contributed by atoms with Crippen molar-refractivity contribution in [2.24, 2.45) is 5.10 Å². The molecule has 0 saturated carbocycles. The van der Waals surface area contributed by atoms with E-state index in [-0.39, 0.29) is 16.3 Å². The predicted octanol–water partition coefficient (Wildman–Crippen LogP) is 3.86. The van der Waals surface area contributed by atoms with Crippen LogP contribution in [0.5, 0.6) is 5.75 Å². The average molecular weight is 399 g/mol. The second-order valence-corrected chi connectivity index (χ2v) is 6.57. The maximum Gasteiger partial charge on any atom is 0.438 e. The van der Waals surface area contributed by atoms with E-state index in [2.05, 4.69) is 5.10 Å². The first-order chi connectivity index (χ1) is 12.5. The molecule has 27 heavy (non-hydrogen) atoms. The highest BCUT2D eigenvalue weighted by Gasteiger charge is 2.63. The van der Waals surface area contributed by atoms with E-state index in [1.165, 1.54) is 43.3 Å². The van der Waals surface area contributed by atoms with Crippen molar-refractivity contribution in [3.63, 3.8) is 0 Å². The first-order valence-electron chi connectivity index (χ1n) is 7.80. The van der Waals surface area contributed by atoms with E-state index in [0.29, 0.717) is 10.6 Å². The summed E-state index contributed by atoms with van der Waals surface area (Å²) in [5.74, 6) is -1.73. The first-order valence-corrected chi connectivity index (χ1v) is 8.18. The summed E-state index contributed by atoms with van der Waals surface area (Å²) in [7, 11) is 0. The quantitative estimate of drug-likeness (QED) is 0.807. The van der Waals surface area contributed by atoms with Crippen LogP contribution in [0.25, 0.3) is 0 Å². The van der Waals surface area contributed by atoms with Crippen LogP contribution in [-0.4, -0.2) is 38.7 Å². The molecule has 0 aromatic heterocycles. The van der Waals surface area contributed by atoms with Gasteiger partial charge in [-0.1, -0.05) is 35.9 Å². The van der Waals surface area contributed by atoms with Crippen molar-refractivity contribution in [3.8, 4) is 5.75 Å². The first kappa shape index (κ1) is 19.2. The van der Waals surface area contributed by atoms with E-state index in [9.17, 15) is 28.2 Å². The lowest BCUT2D eigenvalue weighted by atomic mass is 10.0. The standard InChI is InChI=1S/C18H14ClF3N2O3/c1-10-3-2-4-13(15(10)25)16(26)24-17(27,18(20,21)22)9-14(23-24)11-5-7-12(19)8-6-11/h2-8,25,27H,9H2,1H3/t17-/m1/s1. The number of phenols is 1. The molecule has 0 fully saturated rings. The highest BCUT2D eigenvalue weighted by molar-refractivity contribution is 6.30. The third kappa shape index (κ3) is 3.26. The number of halogens is 4. The van der Waals surface area contributed by atoms with Gasteiger partial charge in [0.2, 0.25) is 0 Å². The van der Waals surface area contributed by atoms with Gasteiger partial charge in [-0.05, 0) is 36.2 Å². The van der Waals surface area contributed by atoms with Crippen LogP contribution in [0.15, 0.2) is 47.6 Å². The van der Waals surface area contributed by atoms with Crippen molar-refractivity contribution in [2.75, 3.05) is 0 Å². The molecule has 2 aromatic carbocycles. The molecule has 2 aromatic rings. The van der Waals surface area contributed by atoms with Crippen molar-refractivity contribution in [1.29, 1.82) is 0 Å². The van der Waals surface area contributed by atoms with Gasteiger partial charge in [0.15, 0.2) is 0 Å². The largest absolute Gasteiger partial charge is 0.507 e. The summed E-state index contributed by atoms with van der Waals surface area (Å²) in [6.07, 6.45) is -6.11. The van der Waals surface area contributed by atoms with Crippen molar-refractivity contribution < 1.29 is 28.2 Å². The van der Waals surface area contributed by atoms with Gasteiger partial charge in [-0.25, -0.2) is 0 Å². The van der Waals surface area contributed by atoms with Crippen molar-refractivity contribution in [3.05, 3.63) is 64.2 Å². The molecule has 1 heterocycles. The fourth-order valence-corrected chi connectivity index (χ4v) is 2.85. The lowest BCUT2D eigenvalue weighted by Gasteiger charge is -2.32. The molecule has 2 N–H and O–H groups in total. The number of aliphatic hydroxyl groups is 1. The molecule has 1 atom stereocenters. The maximum atomic E-state index is 13.6. The van der Waals surface area contributed by atoms with Crippen LogP contribution < -0.4 is 0 Å². The zero-order chi connectivity index (χ0) is 20.0. The van der Waals surface area contributed by atoms with Crippen LogP contribution in [-0.2, 0) is 0 Å². The van der Waals surface area contributed by atoms with Gasteiger partial charge in [0.1, 0.15) is 5.75 Å². The van der Waals surface area contributed by atoms with E-state index in [4.69, 9.17) is 11.6 Å². The Morgan fingerprint density at radius 3 is 2.44 bits per heavy atom. The van der Waals surface area contributed by atoms with Crippen LogP contribution in [0.4, 0.5) is 13.2 Å². The summed E-state index contributed by atoms with van der Waals surface area (Å²) in [4.78, 5) is 12.7. The van der Waals surface area contributed by atoms with Gasteiger partial charge in [0, 0.05) is 5.02 Å². The Kier molecular flexibility index (Phi) is 4.65. The highest BCUT2D eigenvalue weighted by Crippen LogP contribution is 2.42. The second kappa shape index (κ2) is 6.54. The van der Waals surface area contributed by atoms with Crippen LogP contribution in [0.1, 0.15) is 27.9 Å². The van der Waals surface area contributed by atoms with E-state index in [1.54, 1.807) is 0 Å². The summed E-state index contributed by atoms with van der Waals surface area (Å²) in [5, 5.41) is 24.4. The Morgan fingerprint density at radius 2 is 1.85 bits per heavy atom. The number of hydrogen-bond donors (Lipinski definition) is 2. The summed E-state index contributed by atoms with van der Waals surface area (Å²) in [6, 6.07) is 9.87. The van der Waals surface area contributed by atoms with Crippen molar-refractivity contribution in [2.45, 2.75) is 25.2 Å². The van der Waals surface area contributed by atoms with Gasteiger partial charge in [-0.15, -0.1) is 0 Å². The van der Waals surface area contributed by atoms with Gasteiger partial charge < -0.3 is 10.2 Å². The molecule has 1 aliphatic rings. The molecule has 142 valence electrons. The van der Waals surface area contributed by atoms with Crippen molar-refractivity contribution in [1.82, 2.24) is 5.01 Å². The topological polar surface area (TPSA) is 73.1 Å². The minimum atomic E-state index is -5.17. The zero-order valence-corrected chi connectivity index (χ0v) is 14.7. The number of carbonyl (C=O) groups excluding carboxylic acids is 1. The normalized spacial score (nSPS) is 19.9. The number of aromatic hydroxyl groups is 1. The van der Waals surface area contributed by atoms with E-state index in [1.807, 2.05) is 0 Å². The molecule has 3 rings (SSSR count). The van der Waals surface area contributed by atoms with E-state index >= 15 is 0 Å². The van der Waals surface area contributed by atoms with Crippen LogP contribution >= 0.6 is 11.6 Å². The molecular formula is C18H14ClF3N2O3. The number of alkyl halides is 3. The van der Waals surface area contributed by atoms with Crippen molar-refractivity contribution >= 4 is 23.2 Å². The number of phenolic OH excluding ortho intramolecular Hbond substituents is 1. The smallest absolute Gasteiger partial charge is 0.438 e. The summed E-state index contributed by atoms with van der Waals surface area (Å²) in [5.41, 5.74) is -3.47. The van der Waals surface area contributed by atoms with Gasteiger partial charge in [0.25, 0.3) is 11.6 Å². The number of aryl methyl sites for hydroxylation is 1. The van der Waals surface area contributed by atoms with Gasteiger partial charge in [-0.2, -0.15) is 23.3 Å². The maximum absolute atomic E-state index is 13.6. The number of hydrazone groups is 1. The third-order valence-electron chi connectivity index (χ3n) is 4.28. The van der Waals surface area contributed by atoms with Gasteiger partial charge >= 0.3 is 6.18 Å². The lowest BCUT2D eigenvalue weighted by Crippen LogP contribution is -2.56. The molecule has 0 spiro atoms. The Balaban J connectivity index is 2.09. The molecule has 0 unspecified atom stereocenters. The summed E-state index contributed by atoms with van der Waals surface area (Å²) < 4.78 is 40.8. The second-order valence-electron chi connectivity index (χ2n) is 6.13. The lowest BCUT2D eigenvalue weighted by molar-refractivity contribution is -0.297. The molecule has 1 amide bonds. The fourth-order valence-electron chi connectivity index (χ4n) is 2.73. The zero-order valence-electron chi connectivity index (χ0n) is 14.0. The Bertz CT molecular complexity index is 928. The molecule has 0 aliphatic carbocycles. The summed E-state index contributed by atoms with van der Waals surface area (Å²) in [6.45, 7) is 1.49. The number of carbonyl (C=O) groups is 1. The molecular weight excluding hydrogens is 385 g/mol. The van der Waals surface area contributed by atoms with Crippen LogP contribution in [0, 0.1) is 6.92 Å². The van der Waals surface area contributed by atoms with E-state index < -0.39 is 35.5 Å². The minimum absolute atomic E-state index is 0.0224. The Morgan fingerprint density at radius 1 is 1.22 bits per heavy atom.